The molecule has 0 aliphatic carbocycles. The third kappa shape index (κ3) is 4.23. The van der Waals surface area contributed by atoms with Crippen molar-refractivity contribution >= 4 is 33.4 Å². The molecule has 0 saturated carbocycles. The van der Waals surface area contributed by atoms with E-state index in [1.54, 1.807) is 35.5 Å². The Bertz CT molecular complexity index is 1860. The normalized spacial score (nSPS) is 15.6. The van der Waals surface area contributed by atoms with E-state index in [9.17, 15) is 13.2 Å². The number of halogens is 4. The fraction of sp³-hybridized carbons (Fsp3) is 0.192. The fourth-order valence-electron chi connectivity index (χ4n) is 4.94. The number of nitrogens with zero attached hydrogens (tertiary/aromatic N) is 6. The summed E-state index contributed by atoms with van der Waals surface area (Å²) in [6, 6.07) is 6.52. The van der Waals surface area contributed by atoms with E-state index >= 15 is 4.39 Å². The highest BCUT2D eigenvalue weighted by Crippen LogP contribution is 2.36. The number of hydrogen-bond donors (Lipinski definition) is 2. The Kier molecular flexibility index (Phi) is 5.45. The lowest BCUT2D eigenvalue weighted by atomic mass is 10.1. The van der Waals surface area contributed by atoms with Crippen LogP contribution in [0.25, 0.3) is 55.3 Å². The first-order valence-corrected chi connectivity index (χ1v) is 12.8. The number of aromatic amines is 2. The van der Waals surface area contributed by atoms with Crippen LogP contribution >= 0.6 is 11.3 Å². The number of imidazole rings is 1. The SMILES string of the molecule is Fc1ccc(-c2ccnc3nc(-c4n[nH]c5cnc(-c6cncc(CN7CCC(F)(F)C7)c6)c(F)c45)[nH]c23)s1. The van der Waals surface area contributed by atoms with Gasteiger partial charge in [0.15, 0.2) is 22.4 Å². The van der Waals surface area contributed by atoms with E-state index in [1.165, 1.54) is 18.5 Å². The number of nitrogens with one attached hydrogen (secondary N) is 2. The number of thiophene rings is 1. The maximum absolute atomic E-state index is 16.0. The molecule has 39 heavy (non-hydrogen) atoms. The van der Waals surface area contributed by atoms with Gasteiger partial charge >= 0.3 is 0 Å². The molecule has 196 valence electrons. The Morgan fingerprint density at radius 3 is 2.74 bits per heavy atom. The van der Waals surface area contributed by atoms with Gasteiger partial charge in [0, 0.05) is 54.1 Å². The van der Waals surface area contributed by atoms with Crippen molar-refractivity contribution in [3.63, 3.8) is 0 Å². The summed E-state index contributed by atoms with van der Waals surface area (Å²) in [6.07, 6.45) is 5.93. The Morgan fingerprint density at radius 1 is 1.05 bits per heavy atom. The van der Waals surface area contributed by atoms with E-state index in [-0.39, 0.29) is 53.8 Å². The highest BCUT2D eigenvalue weighted by Gasteiger charge is 2.38. The predicted molar refractivity (Wildman–Crippen MR) is 138 cm³/mol. The van der Waals surface area contributed by atoms with Crippen LogP contribution in [-0.4, -0.2) is 59.0 Å². The summed E-state index contributed by atoms with van der Waals surface area (Å²) >= 11 is 0.999. The lowest BCUT2D eigenvalue weighted by Crippen LogP contribution is -2.24. The van der Waals surface area contributed by atoms with Crippen LogP contribution < -0.4 is 0 Å². The number of pyridine rings is 3. The van der Waals surface area contributed by atoms with E-state index in [0.29, 0.717) is 38.2 Å². The summed E-state index contributed by atoms with van der Waals surface area (Å²) < 4.78 is 56.9. The smallest absolute Gasteiger partial charge is 0.261 e. The van der Waals surface area contributed by atoms with Gasteiger partial charge in [-0.1, -0.05) is 0 Å². The van der Waals surface area contributed by atoms with Crippen molar-refractivity contribution in [2.45, 2.75) is 18.9 Å². The lowest BCUT2D eigenvalue weighted by Gasteiger charge is -2.15. The molecule has 1 aliphatic heterocycles. The Balaban J connectivity index is 1.28. The largest absolute Gasteiger partial charge is 0.335 e. The van der Waals surface area contributed by atoms with Gasteiger partial charge in [-0.25, -0.2) is 23.1 Å². The van der Waals surface area contributed by atoms with Gasteiger partial charge in [-0.3, -0.25) is 20.0 Å². The summed E-state index contributed by atoms with van der Waals surface area (Å²) in [5.74, 6) is -3.04. The van der Waals surface area contributed by atoms with Gasteiger partial charge in [0.1, 0.15) is 11.4 Å². The van der Waals surface area contributed by atoms with E-state index in [1.807, 2.05) is 0 Å². The first-order chi connectivity index (χ1) is 18.8. The van der Waals surface area contributed by atoms with Crippen molar-refractivity contribution in [2.24, 2.45) is 0 Å². The summed E-state index contributed by atoms with van der Waals surface area (Å²) in [5.41, 5.74) is 3.41. The standard InChI is InChI=1S/C26H18F4N8S/c27-18-2-1-17(39-18)15-3-5-32-24-22(15)34-25(35-24)23-19-16(36-37-23)10-33-21(20(19)28)14-7-13(8-31-9-14)11-38-6-4-26(29,30)12-38/h1-3,5,7-10H,4,6,11-12H2,(H,36,37)(H,32,34,35). The van der Waals surface area contributed by atoms with Crippen LogP contribution in [-0.2, 0) is 6.54 Å². The average Bonchev–Trinajstić information content (AvgIpc) is 3.70. The van der Waals surface area contributed by atoms with Crippen LogP contribution in [0.4, 0.5) is 17.6 Å². The molecule has 0 bridgehead atoms. The average molecular weight is 551 g/mol. The molecule has 1 fully saturated rings. The van der Waals surface area contributed by atoms with Crippen LogP contribution in [0.1, 0.15) is 12.0 Å². The van der Waals surface area contributed by atoms with E-state index in [0.717, 1.165) is 11.3 Å². The second kappa shape index (κ2) is 8.92. The first-order valence-electron chi connectivity index (χ1n) is 12.0. The van der Waals surface area contributed by atoms with Gasteiger partial charge in [0.05, 0.1) is 29.2 Å². The van der Waals surface area contributed by atoms with Crippen LogP contribution in [0, 0.1) is 10.9 Å². The number of rotatable bonds is 5. The number of alkyl halides is 2. The monoisotopic (exact) mass is 550 g/mol. The van der Waals surface area contributed by atoms with Crippen molar-refractivity contribution in [3.05, 3.63) is 65.6 Å². The van der Waals surface area contributed by atoms with Crippen molar-refractivity contribution in [3.8, 4) is 33.2 Å². The maximum Gasteiger partial charge on any atom is 0.261 e. The van der Waals surface area contributed by atoms with E-state index in [4.69, 9.17) is 0 Å². The quantitative estimate of drug-likeness (QED) is 0.263. The predicted octanol–water partition coefficient (Wildman–Crippen LogP) is 5.81. The number of aromatic nitrogens is 7. The number of H-pyrrole nitrogens is 2. The van der Waals surface area contributed by atoms with Crippen molar-refractivity contribution in [1.29, 1.82) is 0 Å². The molecule has 0 atom stereocenters. The zero-order chi connectivity index (χ0) is 26.7. The molecule has 8 nitrogen and oxygen atoms in total. The fourth-order valence-corrected chi connectivity index (χ4v) is 5.70. The molecule has 6 aromatic heterocycles. The molecule has 1 aliphatic rings. The van der Waals surface area contributed by atoms with E-state index in [2.05, 4.69) is 35.1 Å². The second-order valence-corrected chi connectivity index (χ2v) is 10.5. The number of fused-ring (bicyclic) bond motifs is 2. The van der Waals surface area contributed by atoms with Gasteiger partial charge in [0.25, 0.3) is 5.92 Å². The minimum atomic E-state index is -2.70. The summed E-state index contributed by atoms with van der Waals surface area (Å²) in [5, 5.41) is 6.94. The molecule has 13 heteroatoms. The molecule has 7 heterocycles. The minimum absolute atomic E-state index is 0.0511. The summed E-state index contributed by atoms with van der Waals surface area (Å²) in [4.78, 5) is 22.8. The zero-order valence-electron chi connectivity index (χ0n) is 20.1. The third-order valence-electron chi connectivity index (χ3n) is 6.72. The van der Waals surface area contributed by atoms with E-state index < -0.39 is 11.7 Å². The van der Waals surface area contributed by atoms with Crippen molar-refractivity contribution < 1.29 is 17.6 Å². The molecular formula is C26H18F4N8S. The molecule has 2 N–H and O–H groups in total. The van der Waals surface area contributed by atoms with Crippen LogP contribution in [0.2, 0.25) is 0 Å². The van der Waals surface area contributed by atoms with Crippen LogP contribution in [0.15, 0.2) is 49.1 Å². The molecule has 0 aromatic carbocycles. The Hall–Kier alpha value is -4.23. The highest BCUT2D eigenvalue weighted by atomic mass is 32.1. The zero-order valence-corrected chi connectivity index (χ0v) is 20.9. The third-order valence-corrected chi connectivity index (χ3v) is 7.63. The topological polar surface area (TPSA) is 99.3 Å². The number of hydrogen-bond acceptors (Lipinski definition) is 7. The molecule has 7 rings (SSSR count). The van der Waals surface area contributed by atoms with Gasteiger partial charge < -0.3 is 4.98 Å². The van der Waals surface area contributed by atoms with Crippen molar-refractivity contribution in [2.75, 3.05) is 13.1 Å². The lowest BCUT2D eigenvalue weighted by molar-refractivity contribution is 0.0115. The van der Waals surface area contributed by atoms with Gasteiger partial charge in [-0.2, -0.15) is 9.49 Å². The molecule has 0 amide bonds. The van der Waals surface area contributed by atoms with Crippen molar-refractivity contribution in [1.82, 2.24) is 40.0 Å². The van der Waals surface area contributed by atoms with Gasteiger partial charge in [0.2, 0.25) is 0 Å². The first kappa shape index (κ1) is 23.9. The minimum Gasteiger partial charge on any atom is -0.335 e. The molecule has 0 radical (unpaired) electrons. The van der Waals surface area contributed by atoms with Crippen LogP contribution in [0.3, 0.4) is 0 Å². The number of likely N-dealkylation sites (tertiary alicyclic amines) is 1. The molecular weight excluding hydrogens is 532 g/mol. The van der Waals surface area contributed by atoms with Crippen LogP contribution in [0.5, 0.6) is 0 Å². The highest BCUT2D eigenvalue weighted by molar-refractivity contribution is 7.14. The summed E-state index contributed by atoms with van der Waals surface area (Å²) in [6.45, 7) is 0.243. The van der Waals surface area contributed by atoms with Gasteiger partial charge in [-0.05, 0) is 29.8 Å². The molecule has 1 saturated heterocycles. The summed E-state index contributed by atoms with van der Waals surface area (Å²) in [7, 11) is 0. The molecule has 6 aromatic rings. The maximum atomic E-state index is 16.0. The molecule has 0 unspecified atom stereocenters. The second-order valence-electron chi connectivity index (χ2n) is 9.43. The Morgan fingerprint density at radius 2 is 1.95 bits per heavy atom. The Labute approximate surface area is 221 Å². The van der Waals surface area contributed by atoms with Gasteiger partial charge in [-0.15, -0.1) is 11.3 Å². The molecule has 0 spiro atoms.